The highest BCUT2D eigenvalue weighted by Crippen LogP contribution is 2.37. The van der Waals surface area contributed by atoms with Crippen LogP contribution < -0.4 is 5.32 Å². The van der Waals surface area contributed by atoms with E-state index >= 15 is 0 Å². The zero-order valence-electron chi connectivity index (χ0n) is 11.2. The highest BCUT2D eigenvalue weighted by atomic mass is 79.9. The Morgan fingerprint density at radius 3 is 3.05 bits per heavy atom. The van der Waals surface area contributed by atoms with Gasteiger partial charge in [-0.1, -0.05) is 18.2 Å². The van der Waals surface area contributed by atoms with Crippen molar-refractivity contribution in [1.82, 2.24) is 5.32 Å². The molecule has 3 rings (SSSR count). The maximum absolute atomic E-state index is 13.6. The van der Waals surface area contributed by atoms with Crippen LogP contribution in [0.25, 0.3) is 0 Å². The van der Waals surface area contributed by atoms with Gasteiger partial charge in [0.1, 0.15) is 5.82 Å². The van der Waals surface area contributed by atoms with Crippen LogP contribution in [-0.2, 0) is 12.8 Å². The molecule has 0 spiro atoms. The Morgan fingerprint density at radius 1 is 1.35 bits per heavy atom. The van der Waals surface area contributed by atoms with E-state index in [2.05, 4.69) is 27.3 Å². The predicted molar refractivity (Wildman–Crippen MR) is 85.8 cm³/mol. The highest BCUT2D eigenvalue weighted by molar-refractivity contribution is 9.11. The third-order valence-corrected chi connectivity index (χ3v) is 5.54. The molecule has 1 aliphatic carbocycles. The second-order valence-corrected chi connectivity index (χ2v) is 7.69. The number of halogens is 2. The SMILES string of the molecule is Fc1ccccc1CCNC1CCCc2sc(Br)cc21. The van der Waals surface area contributed by atoms with Crippen LogP contribution in [0.3, 0.4) is 0 Å². The molecule has 0 aliphatic heterocycles. The molecular formula is C16H17BrFNS. The maximum Gasteiger partial charge on any atom is 0.126 e. The second kappa shape index (κ2) is 6.37. The van der Waals surface area contributed by atoms with Crippen LogP contribution in [0, 0.1) is 5.82 Å². The fourth-order valence-corrected chi connectivity index (χ4v) is 4.64. The number of hydrogen-bond donors (Lipinski definition) is 1. The molecule has 0 fully saturated rings. The summed E-state index contributed by atoms with van der Waals surface area (Å²) in [5, 5.41) is 3.59. The minimum absolute atomic E-state index is 0.100. The average Bonchev–Trinajstić information content (AvgIpc) is 2.82. The lowest BCUT2D eigenvalue weighted by atomic mass is 9.94. The molecule has 1 atom stereocenters. The van der Waals surface area contributed by atoms with Gasteiger partial charge in [0.2, 0.25) is 0 Å². The Bertz CT molecular complexity index is 596. The van der Waals surface area contributed by atoms with Crippen molar-refractivity contribution in [3.63, 3.8) is 0 Å². The Hall–Kier alpha value is -0.710. The van der Waals surface area contributed by atoms with Gasteiger partial charge in [-0.05, 0) is 71.4 Å². The van der Waals surface area contributed by atoms with Crippen molar-refractivity contribution in [2.24, 2.45) is 0 Å². The normalized spacial score (nSPS) is 18.0. The molecule has 1 unspecified atom stereocenters. The summed E-state index contributed by atoms with van der Waals surface area (Å²) in [6, 6.07) is 9.69. The Kier molecular flexibility index (Phi) is 4.54. The van der Waals surface area contributed by atoms with Crippen LogP contribution in [0.2, 0.25) is 0 Å². The number of hydrogen-bond acceptors (Lipinski definition) is 2. The molecule has 1 aliphatic rings. The van der Waals surface area contributed by atoms with Gasteiger partial charge in [0.25, 0.3) is 0 Å². The number of rotatable bonds is 4. The van der Waals surface area contributed by atoms with E-state index in [1.54, 1.807) is 6.07 Å². The number of thiophene rings is 1. The smallest absolute Gasteiger partial charge is 0.126 e. The minimum Gasteiger partial charge on any atom is -0.310 e. The van der Waals surface area contributed by atoms with Crippen LogP contribution in [-0.4, -0.2) is 6.54 Å². The molecule has 0 amide bonds. The van der Waals surface area contributed by atoms with Gasteiger partial charge in [0.15, 0.2) is 0 Å². The fraction of sp³-hybridized carbons (Fsp3) is 0.375. The summed E-state index contributed by atoms with van der Waals surface area (Å²) in [4.78, 5) is 1.49. The van der Waals surface area contributed by atoms with Crippen molar-refractivity contribution >= 4 is 27.3 Å². The molecule has 1 aromatic heterocycles. The lowest BCUT2D eigenvalue weighted by Gasteiger charge is -2.23. The Morgan fingerprint density at radius 2 is 2.20 bits per heavy atom. The highest BCUT2D eigenvalue weighted by Gasteiger charge is 2.21. The van der Waals surface area contributed by atoms with E-state index in [0.717, 1.165) is 18.5 Å². The Labute approximate surface area is 131 Å². The van der Waals surface area contributed by atoms with Gasteiger partial charge < -0.3 is 5.32 Å². The molecule has 20 heavy (non-hydrogen) atoms. The van der Waals surface area contributed by atoms with E-state index in [1.807, 2.05) is 23.5 Å². The van der Waals surface area contributed by atoms with Crippen LogP contribution in [0.5, 0.6) is 0 Å². The fourth-order valence-electron chi connectivity index (χ4n) is 2.82. The van der Waals surface area contributed by atoms with Crippen LogP contribution in [0.1, 0.15) is 34.9 Å². The van der Waals surface area contributed by atoms with Crippen molar-refractivity contribution < 1.29 is 4.39 Å². The summed E-state index contributed by atoms with van der Waals surface area (Å²) in [5.41, 5.74) is 2.23. The first-order chi connectivity index (χ1) is 9.74. The Balaban J connectivity index is 1.61. The predicted octanol–water partition coefficient (Wildman–Crippen LogP) is 4.86. The van der Waals surface area contributed by atoms with Crippen molar-refractivity contribution in [3.05, 3.63) is 55.9 Å². The van der Waals surface area contributed by atoms with E-state index < -0.39 is 0 Å². The van der Waals surface area contributed by atoms with Gasteiger partial charge >= 0.3 is 0 Å². The van der Waals surface area contributed by atoms with Crippen molar-refractivity contribution in [1.29, 1.82) is 0 Å². The van der Waals surface area contributed by atoms with Crippen molar-refractivity contribution in [2.45, 2.75) is 31.7 Å². The van der Waals surface area contributed by atoms with Gasteiger partial charge in [0, 0.05) is 10.9 Å². The first-order valence-corrected chi connectivity index (χ1v) is 8.60. The number of aryl methyl sites for hydroxylation is 1. The summed E-state index contributed by atoms with van der Waals surface area (Å²) in [6.07, 6.45) is 4.34. The van der Waals surface area contributed by atoms with E-state index in [9.17, 15) is 4.39 Å². The third kappa shape index (κ3) is 3.13. The average molecular weight is 354 g/mol. The molecule has 2 aromatic rings. The van der Waals surface area contributed by atoms with Gasteiger partial charge in [-0.2, -0.15) is 0 Å². The standard InChI is InChI=1S/C16H17BrFNS/c17-16-10-12-14(6-3-7-15(12)20-16)19-9-8-11-4-1-2-5-13(11)18/h1-2,4-5,10,14,19H,3,6-9H2. The summed E-state index contributed by atoms with van der Waals surface area (Å²) in [5.74, 6) is -0.100. The lowest BCUT2D eigenvalue weighted by Crippen LogP contribution is -2.26. The van der Waals surface area contributed by atoms with Crippen LogP contribution >= 0.6 is 27.3 Å². The third-order valence-electron chi connectivity index (χ3n) is 3.83. The summed E-state index contributed by atoms with van der Waals surface area (Å²) in [6.45, 7) is 0.818. The number of benzene rings is 1. The number of fused-ring (bicyclic) bond motifs is 1. The first kappa shape index (κ1) is 14.2. The zero-order valence-corrected chi connectivity index (χ0v) is 13.6. The molecule has 1 heterocycles. The van der Waals surface area contributed by atoms with E-state index in [0.29, 0.717) is 6.04 Å². The van der Waals surface area contributed by atoms with E-state index in [4.69, 9.17) is 0 Å². The summed E-state index contributed by atoms with van der Waals surface area (Å²) < 4.78 is 14.8. The molecule has 0 saturated heterocycles. The zero-order chi connectivity index (χ0) is 13.9. The molecule has 1 aromatic carbocycles. The molecule has 0 saturated carbocycles. The molecule has 1 N–H and O–H groups in total. The monoisotopic (exact) mass is 353 g/mol. The van der Waals surface area contributed by atoms with E-state index in [-0.39, 0.29) is 5.82 Å². The lowest BCUT2D eigenvalue weighted by molar-refractivity contribution is 0.464. The minimum atomic E-state index is -0.100. The molecule has 106 valence electrons. The van der Waals surface area contributed by atoms with Crippen LogP contribution in [0.4, 0.5) is 4.39 Å². The molecule has 0 radical (unpaired) electrons. The van der Waals surface area contributed by atoms with Gasteiger partial charge in [0.05, 0.1) is 3.79 Å². The van der Waals surface area contributed by atoms with Gasteiger partial charge in [-0.15, -0.1) is 11.3 Å². The quantitative estimate of drug-likeness (QED) is 0.827. The summed E-state index contributed by atoms with van der Waals surface area (Å²) in [7, 11) is 0. The van der Waals surface area contributed by atoms with Gasteiger partial charge in [-0.25, -0.2) is 4.39 Å². The first-order valence-electron chi connectivity index (χ1n) is 6.99. The second-order valence-electron chi connectivity index (χ2n) is 5.17. The van der Waals surface area contributed by atoms with Crippen molar-refractivity contribution in [3.8, 4) is 0 Å². The molecular weight excluding hydrogens is 337 g/mol. The topological polar surface area (TPSA) is 12.0 Å². The summed E-state index contributed by atoms with van der Waals surface area (Å²) >= 11 is 5.42. The largest absolute Gasteiger partial charge is 0.310 e. The van der Waals surface area contributed by atoms with Crippen molar-refractivity contribution in [2.75, 3.05) is 6.54 Å². The number of nitrogens with one attached hydrogen (secondary N) is 1. The molecule has 0 bridgehead atoms. The van der Waals surface area contributed by atoms with Gasteiger partial charge in [-0.3, -0.25) is 0 Å². The molecule has 1 nitrogen and oxygen atoms in total. The van der Waals surface area contributed by atoms with E-state index in [1.165, 1.54) is 39.6 Å². The maximum atomic E-state index is 13.6. The van der Waals surface area contributed by atoms with Crippen LogP contribution in [0.15, 0.2) is 34.1 Å². The molecule has 4 heteroatoms.